The summed E-state index contributed by atoms with van der Waals surface area (Å²) in [4.78, 5) is 15.3. The van der Waals surface area contributed by atoms with Crippen molar-refractivity contribution in [2.45, 2.75) is 18.2 Å². The van der Waals surface area contributed by atoms with E-state index in [1.165, 1.54) is 12.1 Å². The van der Waals surface area contributed by atoms with Gasteiger partial charge in [-0.3, -0.25) is 0 Å². The van der Waals surface area contributed by atoms with Gasteiger partial charge in [-0.15, -0.1) is 10.5 Å². The summed E-state index contributed by atoms with van der Waals surface area (Å²) < 4.78 is 49.7. The SMILES string of the molecule is CC(=O)N(N=[N+]=[N-])C1=CCC(=S(=O)=O)C(N=[N+]=[N-])=C1S(=O)(=O)c1ccc(N)cc1. The molecule has 13 nitrogen and oxygen atoms in total. The lowest BCUT2D eigenvalue weighted by Gasteiger charge is -2.22. The summed E-state index contributed by atoms with van der Waals surface area (Å²) in [7, 11) is -7.48. The minimum absolute atomic E-state index is 0.264. The fraction of sp³-hybridized carbons (Fsp3) is 0.143. The first kappa shape index (κ1) is 21.5. The van der Waals surface area contributed by atoms with Crippen LogP contribution in [0.5, 0.6) is 0 Å². The van der Waals surface area contributed by atoms with E-state index in [9.17, 15) is 21.6 Å². The number of amides is 1. The molecule has 15 heteroatoms. The van der Waals surface area contributed by atoms with Crippen LogP contribution in [0, 0.1) is 0 Å². The number of allylic oxidation sites excluding steroid dienone is 2. The van der Waals surface area contributed by atoms with Crippen molar-refractivity contribution in [1.29, 1.82) is 0 Å². The highest BCUT2D eigenvalue weighted by atomic mass is 32.2. The Morgan fingerprint density at radius 2 is 1.83 bits per heavy atom. The maximum Gasteiger partial charge on any atom is 0.314 e. The Kier molecular flexibility index (Phi) is 6.31. The van der Waals surface area contributed by atoms with Gasteiger partial charge < -0.3 is 5.73 Å². The van der Waals surface area contributed by atoms with Crippen molar-refractivity contribution in [3.05, 3.63) is 67.5 Å². The Labute approximate surface area is 165 Å². The number of nitrogens with two attached hydrogens (primary N) is 1. The molecular formula is C14H12N8O5S2. The van der Waals surface area contributed by atoms with Gasteiger partial charge in [0, 0.05) is 23.9 Å². The molecule has 0 atom stereocenters. The molecule has 0 heterocycles. The van der Waals surface area contributed by atoms with E-state index in [1.807, 2.05) is 0 Å². The van der Waals surface area contributed by atoms with Crippen molar-refractivity contribution in [2.24, 2.45) is 10.3 Å². The molecule has 2 rings (SSSR count). The number of carbonyl (C=O) groups excluding carboxylic acids is 1. The second-order valence-electron chi connectivity index (χ2n) is 5.40. The molecule has 150 valence electrons. The van der Waals surface area contributed by atoms with E-state index in [2.05, 4.69) is 20.2 Å². The van der Waals surface area contributed by atoms with E-state index in [-0.39, 0.29) is 10.6 Å². The molecule has 0 saturated carbocycles. The zero-order valence-corrected chi connectivity index (χ0v) is 16.3. The third-order valence-corrected chi connectivity index (χ3v) is 6.25. The van der Waals surface area contributed by atoms with E-state index in [4.69, 9.17) is 16.8 Å². The van der Waals surface area contributed by atoms with Gasteiger partial charge in [0.25, 0.3) is 0 Å². The zero-order chi connectivity index (χ0) is 21.8. The molecule has 0 bridgehead atoms. The first-order valence-corrected chi connectivity index (χ1v) is 10.1. The van der Waals surface area contributed by atoms with Gasteiger partial charge in [-0.2, -0.15) is 13.3 Å². The molecule has 0 fully saturated rings. The van der Waals surface area contributed by atoms with Crippen LogP contribution in [0.1, 0.15) is 13.3 Å². The molecule has 0 aliphatic heterocycles. The van der Waals surface area contributed by atoms with Crippen molar-refractivity contribution in [1.82, 2.24) is 5.01 Å². The number of sulfone groups is 1. The number of nitrogen functional groups attached to an aromatic ring is 1. The van der Waals surface area contributed by atoms with E-state index >= 15 is 0 Å². The largest absolute Gasteiger partial charge is 0.399 e. The van der Waals surface area contributed by atoms with E-state index in [0.29, 0.717) is 5.01 Å². The maximum absolute atomic E-state index is 13.3. The number of azide groups is 2. The third-order valence-electron chi connectivity index (χ3n) is 3.65. The molecule has 0 unspecified atom stereocenters. The van der Waals surface area contributed by atoms with Crippen molar-refractivity contribution in [2.75, 3.05) is 5.73 Å². The molecule has 1 aliphatic carbocycles. The number of hydrogen-bond donors (Lipinski definition) is 1. The molecule has 0 radical (unpaired) electrons. The fourth-order valence-corrected chi connectivity index (χ4v) is 4.63. The lowest BCUT2D eigenvalue weighted by atomic mass is 10.1. The van der Waals surface area contributed by atoms with E-state index in [1.54, 1.807) is 0 Å². The Bertz CT molecular complexity index is 1270. The van der Waals surface area contributed by atoms with Crippen molar-refractivity contribution in [3.63, 3.8) is 0 Å². The van der Waals surface area contributed by atoms with Gasteiger partial charge in [-0.05, 0) is 41.1 Å². The molecule has 0 aromatic heterocycles. The first-order valence-electron chi connectivity index (χ1n) is 7.56. The molecule has 0 saturated heterocycles. The topological polar surface area (TPSA) is 212 Å². The van der Waals surface area contributed by atoms with Crippen molar-refractivity contribution in [3.8, 4) is 0 Å². The lowest BCUT2D eigenvalue weighted by molar-refractivity contribution is -0.126. The first-order chi connectivity index (χ1) is 13.6. The molecule has 1 aromatic rings. The Hall–Kier alpha value is -3.77. The van der Waals surface area contributed by atoms with Crippen LogP contribution in [0.4, 0.5) is 5.69 Å². The summed E-state index contributed by atoms with van der Waals surface area (Å²) in [5.41, 5.74) is 22.3. The van der Waals surface area contributed by atoms with E-state index < -0.39 is 53.6 Å². The number of nitrogens with zero attached hydrogens (tertiary/aromatic N) is 7. The van der Waals surface area contributed by atoms with Gasteiger partial charge in [0.2, 0.25) is 20.1 Å². The Morgan fingerprint density at radius 3 is 2.31 bits per heavy atom. The van der Waals surface area contributed by atoms with Gasteiger partial charge in [0.15, 0.2) is 5.70 Å². The molecule has 1 aliphatic rings. The van der Waals surface area contributed by atoms with Gasteiger partial charge >= 0.3 is 5.91 Å². The van der Waals surface area contributed by atoms with Crippen molar-refractivity contribution < 1.29 is 21.6 Å². The quantitative estimate of drug-likeness (QED) is 0.182. The van der Waals surface area contributed by atoms with Crippen molar-refractivity contribution >= 4 is 36.6 Å². The third kappa shape index (κ3) is 4.23. The summed E-state index contributed by atoms with van der Waals surface area (Å²) in [5, 5.41) is 6.84. The molecular weight excluding hydrogens is 424 g/mol. The summed E-state index contributed by atoms with van der Waals surface area (Å²) in [6.07, 6.45) is 0.674. The van der Waals surface area contributed by atoms with E-state index in [0.717, 1.165) is 25.1 Å². The minimum atomic E-state index is -4.54. The molecule has 29 heavy (non-hydrogen) atoms. The van der Waals surface area contributed by atoms with Crippen LogP contribution >= 0.6 is 0 Å². The van der Waals surface area contributed by atoms with Gasteiger partial charge in [-0.25, -0.2) is 13.2 Å². The monoisotopic (exact) mass is 436 g/mol. The average molecular weight is 436 g/mol. The number of anilines is 1. The highest BCUT2D eigenvalue weighted by Gasteiger charge is 2.38. The van der Waals surface area contributed by atoms with Crippen LogP contribution in [0.15, 0.2) is 61.9 Å². The molecule has 1 aromatic carbocycles. The standard InChI is InChI=1S/C14H12N8O5S2/c1-8(23)22(21-20-17)11-6-7-12(28(24)25)13(18-19-16)14(11)29(26,27)10-4-2-9(15)3-5-10/h2-6H,7,15H2,1H3. The predicted octanol–water partition coefficient (Wildman–Crippen LogP) is 1.98. The fourth-order valence-electron chi connectivity index (χ4n) is 2.45. The van der Waals surface area contributed by atoms with Crippen LogP contribution in [0.2, 0.25) is 0 Å². The Balaban J connectivity index is 3.00. The summed E-state index contributed by atoms with van der Waals surface area (Å²) in [5.74, 6) is -0.856. The predicted molar refractivity (Wildman–Crippen MR) is 103 cm³/mol. The van der Waals surface area contributed by atoms with Crippen LogP contribution < -0.4 is 5.73 Å². The zero-order valence-electron chi connectivity index (χ0n) is 14.7. The summed E-state index contributed by atoms with van der Waals surface area (Å²) in [6.45, 7) is 1.00. The van der Waals surface area contributed by atoms with Crippen LogP contribution in [0.25, 0.3) is 20.9 Å². The second kappa shape index (κ2) is 8.50. The highest BCUT2D eigenvalue weighted by molar-refractivity contribution is 7.95. The van der Waals surface area contributed by atoms with Gasteiger partial charge in [0.05, 0.1) is 15.5 Å². The number of hydrogen-bond acceptors (Lipinski definition) is 8. The number of benzene rings is 1. The Morgan fingerprint density at radius 1 is 1.21 bits per heavy atom. The molecule has 1 amide bonds. The molecule has 0 spiro atoms. The maximum atomic E-state index is 13.3. The smallest absolute Gasteiger partial charge is 0.314 e. The normalized spacial score (nSPS) is 13.7. The minimum Gasteiger partial charge on any atom is -0.399 e. The van der Waals surface area contributed by atoms with Gasteiger partial charge in [0.1, 0.15) is 4.91 Å². The lowest BCUT2D eigenvalue weighted by Crippen LogP contribution is -2.29. The summed E-state index contributed by atoms with van der Waals surface area (Å²) in [6, 6.07) is 4.88. The average Bonchev–Trinajstić information content (AvgIpc) is 2.65. The van der Waals surface area contributed by atoms with Crippen LogP contribution in [-0.2, 0) is 24.9 Å². The second-order valence-corrected chi connectivity index (χ2v) is 8.25. The highest BCUT2D eigenvalue weighted by Crippen LogP contribution is 2.35. The molecule has 2 N–H and O–H groups in total. The number of carbonyl (C=O) groups is 1. The van der Waals surface area contributed by atoms with Crippen LogP contribution in [0.3, 0.4) is 0 Å². The number of rotatable bonds is 5. The van der Waals surface area contributed by atoms with Gasteiger partial charge in [-0.1, -0.05) is 5.11 Å². The van der Waals surface area contributed by atoms with Crippen LogP contribution in [-0.4, -0.2) is 32.6 Å². The summed E-state index contributed by atoms with van der Waals surface area (Å²) >= 11 is 0.